The summed E-state index contributed by atoms with van der Waals surface area (Å²) in [6.07, 6.45) is 10.3. The van der Waals surface area contributed by atoms with E-state index in [-0.39, 0.29) is 0 Å². The molecule has 0 radical (unpaired) electrons. The van der Waals surface area contributed by atoms with Gasteiger partial charge in [0.2, 0.25) is 5.95 Å². The van der Waals surface area contributed by atoms with Crippen LogP contribution in [0.3, 0.4) is 0 Å². The van der Waals surface area contributed by atoms with Gasteiger partial charge in [-0.05, 0) is 44.0 Å². The van der Waals surface area contributed by atoms with Crippen LogP contribution in [0.5, 0.6) is 0 Å². The van der Waals surface area contributed by atoms with Gasteiger partial charge >= 0.3 is 0 Å². The topological polar surface area (TPSA) is 42.7 Å². The molecule has 1 aliphatic rings. The molecule has 1 saturated carbocycles. The summed E-state index contributed by atoms with van der Waals surface area (Å²) >= 11 is 0. The van der Waals surface area contributed by atoms with Gasteiger partial charge in [-0.15, -0.1) is 0 Å². The van der Waals surface area contributed by atoms with E-state index in [1.165, 1.54) is 48.6 Å². The molecule has 1 N–H and O–H groups in total. The maximum atomic E-state index is 4.72. The lowest BCUT2D eigenvalue weighted by molar-refractivity contribution is 0.461. The Morgan fingerprint density at radius 1 is 1.09 bits per heavy atom. The minimum absolute atomic E-state index is 0.517. The van der Waals surface area contributed by atoms with Crippen LogP contribution in [0.15, 0.2) is 42.7 Å². The highest BCUT2D eigenvalue weighted by Crippen LogP contribution is 2.23. The zero-order valence-electron chi connectivity index (χ0n) is 13.5. The smallest absolute Gasteiger partial charge is 0.224 e. The van der Waals surface area contributed by atoms with Gasteiger partial charge < -0.3 is 9.88 Å². The second kappa shape index (κ2) is 6.03. The van der Waals surface area contributed by atoms with Crippen molar-refractivity contribution in [3.05, 3.63) is 48.3 Å². The fourth-order valence-electron chi connectivity index (χ4n) is 3.44. The minimum Gasteiger partial charge on any atom is -0.351 e. The highest BCUT2D eigenvalue weighted by atomic mass is 15.2. The molecule has 3 aromatic rings. The van der Waals surface area contributed by atoms with Crippen molar-refractivity contribution in [2.45, 2.75) is 45.1 Å². The van der Waals surface area contributed by atoms with Crippen molar-refractivity contribution < 1.29 is 0 Å². The minimum atomic E-state index is 0.517. The van der Waals surface area contributed by atoms with Gasteiger partial charge in [0.25, 0.3) is 0 Å². The number of nitrogens with zero attached hydrogens (tertiary/aromatic N) is 3. The molecule has 4 rings (SSSR count). The number of aryl methyl sites for hydroxylation is 1. The van der Waals surface area contributed by atoms with E-state index in [4.69, 9.17) is 4.98 Å². The Bertz CT molecular complexity index is 815. The fourth-order valence-corrected chi connectivity index (χ4v) is 3.44. The van der Waals surface area contributed by atoms with E-state index in [0.717, 1.165) is 11.8 Å². The molecular weight excluding hydrogens is 284 g/mol. The molecule has 2 aromatic heterocycles. The number of fused-ring (bicyclic) bond motifs is 1. The molecule has 0 spiro atoms. The second-order valence-electron chi connectivity index (χ2n) is 6.47. The number of rotatable bonds is 3. The summed E-state index contributed by atoms with van der Waals surface area (Å²) in [5, 5.41) is 4.75. The molecule has 1 aliphatic carbocycles. The number of nitrogens with one attached hydrogen (secondary N) is 1. The highest BCUT2D eigenvalue weighted by molar-refractivity contribution is 5.82. The molecule has 118 valence electrons. The maximum Gasteiger partial charge on any atom is 0.224 e. The second-order valence-corrected chi connectivity index (χ2v) is 6.47. The number of hydrogen-bond acceptors (Lipinski definition) is 3. The largest absolute Gasteiger partial charge is 0.351 e. The van der Waals surface area contributed by atoms with Crippen LogP contribution in [0.1, 0.15) is 37.7 Å². The summed E-state index contributed by atoms with van der Waals surface area (Å²) in [6, 6.07) is 11.1. The fraction of sp³-hybridized carbons (Fsp3) is 0.368. The number of anilines is 1. The van der Waals surface area contributed by atoms with Crippen molar-refractivity contribution in [2.75, 3.05) is 5.32 Å². The molecule has 1 aromatic carbocycles. The first kappa shape index (κ1) is 14.2. The summed E-state index contributed by atoms with van der Waals surface area (Å²) in [5.74, 6) is 1.65. The van der Waals surface area contributed by atoms with Crippen molar-refractivity contribution in [3.63, 3.8) is 0 Å². The van der Waals surface area contributed by atoms with Gasteiger partial charge in [-0.2, -0.15) is 4.98 Å². The van der Waals surface area contributed by atoms with Crippen LogP contribution < -0.4 is 5.32 Å². The standard InChI is InChI=1S/C19H22N4/c1-14-7-8-17-15(13-14)10-12-23(17)18-9-11-20-19(22-18)21-16-5-3-2-4-6-16/h7-13,16H,2-6H2,1H3,(H,20,21,22). The van der Waals surface area contributed by atoms with Crippen LogP contribution in [0, 0.1) is 6.92 Å². The molecular formula is C19H22N4. The Balaban J connectivity index is 1.64. The Labute approximate surface area is 136 Å². The average molecular weight is 306 g/mol. The van der Waals surface area contributed by atoms with Crippen LogP contribution in [0.4, 0.5) is 5.95 Å². The lowest BCUT2D eigenvalue weighted by Crippen LogP contribution is -2.23. The normalized spacial score (nSPS) is 15.9. The van der Waals surface area contributed by atoms with Gasteiger partial charge in [0, 0.05) is 23.8 Å². The first-order chi connectivity index (χ1) is 11.3. The van der Waals surface area contributed by atoms with Gasteiger partial charge in [0.15, 0.2) is 0 Å². The van der Waals surface area contributed by atoms with Crippen LogP contribution in [0.25, 0.3) is 16.7 Å². The first-order valence-corrected chi connectivity index (χ1v) is 8.47. The lowest BCUT2D eigenvalue weighted by atomic mass is 9.96. The predicted octanol–water partition coefficient (Wildman–Crippen LogP) is 4.47. The zero-order valence-corrected chi connectivity index (χ0v) is 13.5. The highest BCUT2D eigenvalue weighted by Gasteiger charge is 2.14. The lowest BCUT2D eigenvalue weighted by Gasteiger charge is -2.22. The third-order valence-corrected chi connectivity index (χ3v) is 4.67. The van der Waals surface area contributed by atoms with Crippen LogP contribution in [-0.2, 0) is 0 Å². The molecule has 23 heavy (non-hydrogen) atoms. The number of benzene rings is 1. The zero-order chi connectivity index (χ0) is 15.6. The van der Waals surface area contributed by atoms with E-state index >= 15 is 0 Å². The van der Waals surface area contributed by atoms with Gasteiger partial charge in [-0.3, -0.25) is 0 Å². The van der Waals surface area contributed by atoms with E-state index in [1.54, 1.807) is 0 Å². The van der Waals surface area contributed by atoms with Crippen molar-refractivity contribution in [1.82, 2.24) is 14.5 Å². The van der Waals surface area contributed by atoms with Crippen LogP contribution in [-0.4, -0.2) is 20.6 Å². The third-order valence-electron chi connectivity index (χ3n) is 4.67. The number of hydrogen-bond donors (Lipinski definition) is 1. The molecule has 4 heteroatoms. The predicted molar refractivity (Wildman–Crippen MR) is 94.1 cm³/mol. The Morgan fingerprint density at radius 2 is 1.96 bits per heavy atom. The molecule has 2 heterocycles. The molecule has 0 bridgehead atoms. The maximum absolute atomic E-state index is 4.72. The Kier molecular flexibility index (Phi) is 3.74. The molecule has 0 atom stereocenters. The molecule has 0 amide bonds. The molecule has 4 nitrogen and oxygen atoms in total. The van der Waals surface area contributed by atoms with Crippen molar-refractivity contribution in [2.24, 2.45) is 0 Å². The molecule has 0 unspecified atom stereocenters. The van der Waals surface area contributed by atoms with E-state index in [2.05, 4.69) is 52.3 Å². The van der Waals surface area contributed by atoms with Gasteiger partial charge in [0.1, 0.15) is 5.82 Å². The van der Waals surface area contributed by atoms with Gasteiger partial charge in [-0.25, -0.2) is 4.98 Å². The first-order valence-electron chi connectivity index (χ1n) is 8.47. The quantitative estimate of drug-likeness (QED) is 0.776. The third kappa shape index (κ3) is 2.93. The van der Waals surface area contributed by atoms with E-state index < -0.39 is 0 Å². The van der Waals surface area contributed by atoms with Gasteiger partial charge in [-0.1, -0.05) is 30.9 Å². The Morgan fingerprint density at radius 3 is 2.83 bits per heavy atom. The summed E-state index contributed by atoms with van der Waals surface area (Å²) in [4.78, 5) is 9.12. The molecule has 0 saturated heterocycles. The SMILES string of the molecule is Cc1ccc2c(ccn2-c2ccnc(NC3CCCCC3)n2)c1. The van der Waals surface area contributed by atoms with E-state index in [0.29, 0.717) is 6.04 Å². The van der Waals surface area contributed by atoms with E-state index in [1.807, 2.05) is 12.3 Å². The average Bonchev–Trinajstić information content (AvgIpc) is 2.99. The van der Waals surface area contributed by atoms with Gasteiger partial charge in [0.05, 0.1) is 5.52 Å². The summed E-state index contributed by atoms with van der Waals surface area (Å²) < 4.78 is 2.13. The summed E-state index contributed by atoms with van der Waals surface area (Å²) in [7, 11) is 0. The summed E-state index contributed by atoms with van der Waals surface area (Å²) in [6.45, 7) is 2.12. The summed E-state index contributed by atoms with van der Waals surface area (Å²) in [5.41, 5.74) is 2.45. The monoisotopic (exact) mass is 306 g/mol. The van der Waals surface area contributed by atoms with Crippen LogP contribution in [0.2, 0.25) is 0 Å². The Hall–Kier alpha value is -2.36. The molecule has 1 fully saturated rings. The van der Waals surface area contributed by atoms with Crippen LogP contribution >= 0.6 is 0 Å². The van der Waals surface area contributed by atoms with E-state index in [9.17, 15) is 0 Å². The molecule has 0 aliphatic heterocycles. The van der Waals surface area contributed by atoms with Crippen molar-refractivity contribution in [3.8, 4) is 5.82 Å². The van der Waals surface area contributed by atoms with Crippen molar-refractivity contribution >= 4 is 16.9 Å². The number of aromatic nitrogens is 3. The van der Waals surface area contributed by atoms with Crippen molar-refractivity contribution in [1.29, 1.82) is 0 Å².